The van der Waals surface area contributed by atoms with Crippen LogP contribution in [-0.2, 0) is 18.3 Å². The van der Waals surface area contributed by atoms with Crippen LogP contribution in [0.5, 0.6) is 5.75 Å². The van der Waals surface area contributed by atoms with Crippen LogP contribution < -0.4 is 10.1 Å². The number of halogens is 1. The molecule has 1 amide bonds. The van der Waals surface area contributed by atoms with Crippen LogP contribution in [0.3, 0.4) is 0 Å². The second-order valence-electron chi connectivity index (χ2n) is 6.93. The van der Waals surface area contributed by atoms with Crippen LogP contribution in [0.2, 0.25) is 5.02 Å². The lowest BCUT2D eigenvalue weighted by atomic mass is 10.1. The third-order valence-electron chi connectivity index (χ3n) is 4.66. The highest BCUT2D eigenvalue weighted by molar-refractivity contribution is 7.99. The van der Waals surface area contributed by atoms with E-state index >= 15 is 0 Å². The Balaban J connectivity index is 1.56. The Morgan fingerprint density at radius 2 is 1.81 bits per heavy atom. The van der Waals surface area contributed by atoms with Gasteiger partial charge in [0, 0.05) is 17.6 Å². The number of ether oxygens (including phenoxy) is 1. The molecule has 162 valence electrons. The predicted octanol–water partition coefficient (Wildman–Crippen LogP) is 3.87. The number of nitrogens with one attached hydrogen (secondary N) is 1. The Morgan fingerprint density at radius 1 is 1.13 bits per heavy atom. The number of carbonyl (C=O) groups is 2. The first-order valence-corrected chi connectivity index (χ1v) is 11.0. The first kappa shape index (κ1) is 22.8. The predicted molar refractivity (Wildman–Crippen MR) is 121 cm³/mol. The Morgan fingerprint density at radius 3 is 2.45 bits per heavy atom. The lowest BCUT2D eigenvalue weighted by Crippen LogP contribution is -2.29. The van der Waals surface area contributed by atoms with E-state index < -0.39 is 0 Å². The molecule has 0 radical (unpaired) electrons. The summed E-state index contributed by atoms with van der Waals surface area (Å²) in [6, 6.07) is 13.8. The van der Waals surface area contributed by atoms with Crippen LogP contribution in [0.4, 0.5) is 0 Å². The molecule has 2 aromatic carbocycles. The molecule has 0 aliphatic rings. The molecule has 1 aromatic heterocycles. The van der Waals surface area contributed by atoms with Crippen molar-refractivity contribution < 1.29 is 14.3 Å². The SMILES string of the molecule is COc1ccc(CC(=O)N[C@H](C)c2nnc(SCC(=O)c3ccc(Cl)cc3)n2C)cc1. The molecule has 0 saturated heterocycles. The zero-order valence-electron chi connectivity index (χ0n) is 17.5. The minimum absolute atomic E-state index is 0.0212. The van der Waals surface area contributed by atoms with Gasteiger partial charge in [-0.1, -0.05) is 35.5 Å². The molecular formula is C22H23ClN4O3S. The molecule has 3 rings (SSSR count). The number of hydrogen-bond donors (Lipinski definition) is 1. The number of nitrogens with zero attached hydrogens (tertiary/aromatic N) is 3. The minimum atomic E-state index is -0.329. The molecule has 9 heteroatoms. The first-order valence-electron chi connectivity index (χ1n) is 9.60. The summed E-state index contributed by atoms with van der Waals surface area (Å²) in [5.41, 5.74) is 1.49. The topological polar surface area (TPSA) is 86.1 Å². The summed E-state index contributed by atoms with van der Waals surface area (Å²) in [5, 5.41) is 12.5. The smallest absolute Gasteiger partial charge is 0.224 e. The van der Waals surface area contributed by atoms with Gasteiger partial charge in [0.15, 0.2) is 16.8 Å². The summed E-state index contributed by atoms with van der Waals surface area (Å²) in [5.74, 6) is 1.45. The van der Waals surface area contributed by atoms with Gasteiger partial charge in [0.2, 0.25) is 5.91 Å². The van der Waals surface area contributed by atoms with E-state index in [1.165, 1.54) is 11.8 Å². The third kappa shape index (κ3) is 6.08. The fourth-order valence-corrected chi connectivity index (χ4v) is 3.90. The van der Waals surface area contributed by atoms with Crippen LogP contribution in [0, 0.1) is 0 Å². The van der Waals surface area contributed by atoms with Crippen molar-refractivity contribution in [2.45, 2.75) is 24.5 Å². The summed E-state index contributed by atoms with van der Waals surface area (Å²) in [7, 11) is 3.42. The van der Waals surface area contributed by atoms with Gasteiger partial charge < -0.3 is 14.6 Å². The minimum Gasteiger partial charge on any atom is -0.497 e. The van der Waals surface area contributed by atoms with Gasteiger partial charge in [-0.25, -0.2) is 0 Å². The van der Waals surface area contributed by atoms with Gasteiger partial charge in [-0.15, -0.1) is 10.2 Å². The number of carbonyl (C=O) groups excluding carboxylic acids is 2. The van der Waals surface area contributed by atoms with Crippen molar-refractivity contribution in [3.63, 3.8) is 0 Å². The third-order valence-corrected chi connectivity index (χ3v) is 5.93. The summed E-state index contributed by atoms with van der Waals surface area (Å²) < 4.78 is 6.92. The largest absolute Gasteiger partial charge is 0.497 e. The maximum atomic E-state index is 12.4. The highest BCUT2D eigenvalue weighted by Crippen LogP contribution is 2.21. The molecule has 3 aromatic rings. The number of aromatic nitrogens is 3. The van der Waals surface area contributed by atoms with Gasteiger partial charge in [0.25, 0.3) is 0 Å². The molecule has 0 saturated carbocycles. The van der Waals surface area contributed by atoms with E-state index in [0.29, 0.717) is 21.6 Å². The zero-order chi connectivity index (χ0) is 22.4. The first-order chi connectivity index (χ1) is 14.9. The Kier molecular flexibility index (Phi) is 7.70. The van der Waals surface area contributed by atoms with E-state index in [1.54, 1.807) is 35.9 Å². The Labute approximate surface area is 190 Å². The van der Waals surface area contributed by atoms with Crippen molar-refractivity contribution in [1.82, 2.24) is 20.1 Å². The van der Waals surface area contributed by atoms with Crippen LogP contribution in [0.15, 0.2) is 53.7 Å². The quantitative estimate of drug-likeness (QED) is 0.387. The zero-order valence-corrected chi connectivity index (χ0v) is 19.0. The Bertz CT molecular complexity index is 1050. The molecule has 0 spiro atoms. The number of thioether (sulfide) groups is 1. The molecule has 31 heavy (non-hydrogen) atoms. The maximum absolute atomic E-state index is 12.4. The van der Waals surface area contributed by atoms with E-state index in [2.05, 4.69) is 15.5 Å². The van der Waals surface area contributed by atoms with E-state index in [0.717, 1.165) is 11.3 Å². The number of ketones is 1. The number of amides is 1. The molecule has 0 bridgehead atoms. The fourth-order valence-electron chi connectivity index (χ4n) is 2.96. The molecule has 0 fully saturated rings. The van der Waals surface area contributed by atoms with Gasteiger partial charge in [-0.2, -0.15) is 0 Å². The molecular weight excluding hydrogens is 436 g/mol. The van der Waals surface area contributed by atoms with E-state index in [4.69, 9.17) is 16.3 Å². The van der Waals surface area contributed by atoms with Gasteiger partial charge in [-0.3, -0.25) is 9.59 Å². The molecule has 7 nitrogen and oxygen atoms in total. The number of rotatable bonds is 9. The monoisotopic (exact) mass is 458 g/mol. The van der Waals surface area contributed by atoms with E-state index in [9.17, 15) is 9.59 Å². The molecule has 0 aliphatic heterocycles. The number of Topliss-reactive ketones (excluding diaryl/α,β-unsaturated/α-hetero) is 1. The van der Waals surface area contributed by atoms with Crippen LogP contribution in [0.25, 0.3) is 0 Å². The number of hydrogen-bond acceptors (Lipinski definition) is 6. The second-order valence-corrected chi connectivity index (χ2v) is 8.31. The van der Waals surface area contributed by atoms with Crippen molar-refractivity contribution >= 4 is 35.1 Å². The average Bonchev–Trinajstić information content (AvgIpc) is 3.13. The van der Waals surface area contributed by atoms with Crippen molar-refractivity contribution in [2.75, 3.05) is 12.9 Å². The van der Waals surface area contributed by atoms with Crippen molar-refractivity contribution in [3.8, 4) is 5.75 Å². The summed E-state index contributed by atoms with van der Waals surface area (Å²) in [6.07, 6.45) is 0.253. The summed E-state index contributed by atoms with van der Waals surface area (Å²) >= 11 is 7.16. The maximum Gasteiger partial charge on any atom is 0.224 e. The van der Waals surface area contributed by atoms with Crippen molar-refractivity contribution in [3.05, 3.63) is 70.5 Å². The second kappa shape index (κ2) is 10.5. The highest BCUT2D eigenvalue weighted by Gasteiger charge is 2.19. The fraction of sp³-hybridized carbons (Fsp3) is 0.273. The normalized spacial score (nSPS) is 11.7. The average molecular weight is 459 g/mol. The van der Waals surface area contributed by atoms with E-state index in [1.807, 2.05) is 38.2 Å². The number of methoxy groups -OCH3 is 1. The van der Waals surface area contributed by atoms with Gasteiger partial charge >= 0.3 is 0 Å². The van der Waals surface area contributed by atoms with Gasteiger partial charge in [-0.05, 0) is 48.9 Å². The molecule has 1 atom stereocenters. The molecule has 1 heterocycles. The van der Waals surface area contributed by atoms with Crippen LogP contribution in [-0.4, -0.2) is 39.3 Å². The van der Waals surface area contributed by atoms with Crippen molar-refractivity contribution in [2.24, 2.45) is 7.05 Å². The lowest BCUT2D eigenvalue weighted by Gasteiger charge is -2.14. The molecule has 0 aliphatic carbocycles. The van der Waals surface area contributed by atoms with Crippen LogP contribution in [0.1, 0.15) is 34.7 Å². The van der Waals surface area contributed by atoms with E-state index in [-0.39, 0.29) is 29.9 Å². The van der Waals surface area contributed by atoms with Crippen LogP contribution >= 0.6 is 23.4 Å². The molecule has 0 unspecified atom stereocenters. The lowest BCUT2D eigenvalue weighted by molar-refractivity contribution is -0.121. The summed E-state index contributed by atoms with van der Waals surface area (Å²) in [4.78, 5) is 24.8. The highest BCUT2D eigenvalue weighted by atomic mass is 35.5. The Hall–Kier alpha value is -2.84. The van der Waals surface area contributed by atoms with Crippen molar-refractivity contribution in [1.29, 1.82) is 0 Å². The standard InChI is InChI=1S/C22H23ClN4O3S/c1-14(24-20(29)12-15-4-10-18(30-3)11-5-15)21-25-26-22(27(21)2)31-13-19(28)16-6-8-17(23)9-7-16/h4-11,14H,12-13H2,1-3H3,(H,24,29)/t14-/m1/s1. The van der Waals surface area contributed by atoms with Gasteiger partial charge in [0.1, 0.15) is 5.75 Å². The van der Waals surface area contributed by atoms with Gasteiger partial charge in [0.05, 0.1) is 25.3 Å². The summed E-state index contributed by atoms with van der Waals surface area (Å²) in [6.45, 7) is 1.85. The molecule has 1 N–H and O–H groups in total. The number of benzene rings is 2.